The van der Waals surface area contributed by atoms with Crippen LogP contribution in [0, 0.1) is 17.0 Å². The molecule has 98 valence electrons. The first kappa shape index (κ1) is 12.7. The average Bonchev–Trinajstić information content (AvgIpc) is 2.38. The molecule has 1 N–H and O–H groups in total. The maximum absolute atomic E-state index is 11.1. The standard InChI is InChI=1S/C11H15N3O4/c1-8-2-3-12-11(10(8)14(16)17)13-4-5-18-9(6-13)7-15/h2-3,9,15H,4-7H2,1H3. The highest BCUT2D eigenvalue weighted by Gasteiger charge is 2.28. The third kappa shape index (κ3) is 2.41. The Balaban J connectivity index is 2.32. The van der Waals surface area contributed by atoms with Crippen LogP contribution in [0.2, 0.25) is 0 Å². The van der Waals surface area contributed by atoms with Gasteiger partial charge in [0.2, 0.25) is 5.82 Å². The molecule has 0 radical (unpaired) electrons. The van der Waals surface area contributed by atoms with Gasteiger partial charge >= 0.3 is 5.69 Å². The molecule has 1 atom stereocenters. The molecule has 1 fully saturated rings. The number of anilines is 1. The Bertz CT molecular complexity index is 452. The van der Waals surface area contributed by atoms with Gasteiger partial charge in [-0.25, -0.2) is 4.98 Å². The zero-order valence-corrected chi connectivity index (χ0v) is 10.1. The molecule has 1 aromatic rings. The first-order valence-electron chi connectivity index (χ1n) is 5.71. The number of aryl methyl sites for hydroxylation is 1. The van der Waals surface area contributed by atoms with Crippen LogP contribution in [-0.4, -0.2) is 47.4 Å². The number of hydrogen-bond donors (Lipinski definition) is 1. The molecule has 1 aliphatic heterocycles. The van der Waals surface area contributed by atoms with Crippen molar-refractivity contribution in [3.8, 4) is 0 Å². The van der Waals surface area contributed by atoms with Crippen molar-refractivity contribution < 1.29 is 14.8 Å². The smallest absolute Gasteiger partial charge is 0.314 e. The third-order valence-electron chi connectivity index (χ3n) is 2.93. The van der Waals surface area contributed by atoms with Crippen LogP contribution in [0.3, 0.4) is 0 Å². The van der Waals surface area contributed by atoms with E-state index in [9.17, 15) is 10.1 Å². The fraction of sp³-hybridized carbons (Fsp3) is 0.545. The van der Waals surface area contributed by atoms with Crippen LogP contribution in [0.5, 0.6) is 0 Å². The SMILES string of the molecule is Cc1ccnc(N2CCOC(CO)C2)c1[N+](=O)[O-]. The fourth-order valence-electron chi connectivity index (χ4n) is 2.02. The molecule has 2 heterocycles. The Morgan fingerprint density at radius 1 is 1.72 bits per heavy atom. The van der Waals surface area contributed by atoms with Crippen molar-refractivity contribution in [2.24, 2.45) is 0 Å². The van der Waals surface area contributed by atoms with E-state index < -0.39 is 4.92 Å². The summed E-state index contributed by atoms with van der Waals surface area (Å²) in [5, 5.41) is 20.2. The Hall–Kier alpha value is -1.73. The van der Waals surface area contributed by atoms with Crippen molar-refractivity contribution in [3.63, 3.8) is 0 Å². The average molecular weight is 253 g/mol. The summed E-state index contributed by atoms with van der Waals surface area (Å²) >= 11 is 0. The van der Waals surface area contributed by atoms with E-state index in [0.29, 0.717) is 31.1 Å². The molecule has 0 aromatic carbocycles. The predicted molar refractivity (Wildman–Crippen MR) is 64.7 cm³/mol. The first-order chi connectivity index (χ1) is 8.63. The number of hydrogen-bond acceptors (Lipinski definition) is 6. The highest BCUT2D eigenvalue weighted by atomic mass is 16.6. The summed E-state index contributed by atoms with van der Waals surface area (Å²) in [6.07, 6.45) is 1.24. The maximum atomic E-state index is 11.1. The lowest BCUT2D eigenvalue weighted by Crippen LogP contribution is -2.44. The van der Waals surface area contributed by atoms with Gasteiger partial charge in [-0.1, -0.05) is 0 Å². The van der Waals surface area contributed by atoms with Crippen LogP contribution in [0.1, 0.15) is 5.56 Å². The van der Waals surface area contributed by atoms with Gasteiger partial charge in [-0.05, 0) is 13.0 Å². The van der Waals surface area contributed by atoms with Crippen molar-refractivity contribution in [1.29, 1.82) is 0 Å². The van der Waals surface area contributed by atoms with Gasteiger partial charge in [-0.2, -0.15) is 0 Å². The summed E-state index contributed by atoms with van der Waals surface area (Å²) in [6.45, 7) is 2.96. The predicted octanol–water partition coefficient (Wildman–Crippen LogP) is 0.496. The third-order valence-corrected chi connectivity index (χ3v) is 2.93. The molecule has 18 heavy (non-hydrogen) atoms. The molecule has 1 unspecified atom stereocenters. The summed E-state index contributed by atoms with van der Waals surface area (Å²) in [5.41, 5.74) is 0.605. The maximum Gasteiger partial charge on any atom is 0.314 e. The van der Waals surface area contributed by atoms with Gasteiger partial charge in [0, 0.05) is 24.8 Å². The summed E-state index contributed by atoms with van der Waals surface area (Å²) in [4.78, 5) is 16.6. The minimum absolute atomic E-state index is 0.0242. The number of rotatable bonds is 3. The van der Waals surface area contributed by atoms with Crippen molar-refractivity contribution >= 4 is 11.5 Å². The van der Waals surface area contributed by atoms with Crippen LogP contribution in [0.4, 0.5) is 11.5 Å². The Kier molecular flexibility index (Phi) is 3.73. The Morgan fingerprint density at radius 3 is 3.17 bits per heavy atom. The summed E-state index contributed by atoms with van der Waals surface area (Å²) in [5.74, 6) is 0.349. The molecule has 7 heteroatoms. The van der Waals surface area contributed by atoms with Crippen LogP contribution in [-0.2, 0) is 4.74 Å². The second-order valence-corrected chi connectivity index (χ2v) is 4.18. The van der Waals surface area contributed by atoms with Crippen molar-refractivity contribution in [2.75, 3.05) is 31.2 Å². The van der Waals surface area contributed by atoms with Gasteiger partial charge in [0.05, 0.1) is 24.2 Å². The fourth-order valence-corrected chi connectivity index (χ4v) is 2.02. The van der Waals surface area contributed by atoms with Gasteiger partial charge in [-0.15, -0.1) is 0 Å². The van der Waals surface area contributed by atoms with E-state index in [-0.39, 0.29) is 18.4 Å². The topological polar surface area (TPSA) is 88.7 Å². The van der Waals surface area contributed by atoms with Gasteiger partial charge in [0.1, 0.15) is 0 Å². The lowest BCUT2D eigenvalue weighted by Gasteiger charge is -2.32. The molecule has 7 nitrogen and oxygen atoms in total. The molecular formula is C11H15N3O4. The molecule has 2 rings (SSSR count). The van der Waals surface area contributed by atoms with E-state index in [1.54, 1.807) is 24.1 Å². The quantitative estimate of drug-likeness (QED) is 0.623. The molecule has 0 spiro atoms. The van der Waals surface area contributed by atoms with Gasteiger partial charge in [0.15, 0.2) is 0 Å². The number of morpholine rings is 1. The Labute approximate surface area is 104 Å². The van der Waals surface area contributed by atoms with E-state index >= 15 is 0 Å². The molecule has 1 aromatic heterocycles. The molecule has 0 bridgehead atoms. The molecule has 0 saturated carbocycles. The number of nitrogens with zero attached hydrogens (tertiary/aromatic N) is 3. The highest BCUT2D eigenvalue weighted by Crippen LogP contribution is 2.29. The van der Waals surface area contributed by atoms with Crippen LogP contribution >= 0.6 is 0 Å². The normalized spacial score (nSPS) is 19.9. The van der Waals surface area contributed by atoms with Crippen molar-refractivity contribution in [1.82, 2.24) is 4.98 Å². The summed E-state index contributed by atoms with van der Waals surface area (Å²) < 4.78 is 5.32. The van der Waals surface area contributed by atoms with Crippen LogP contribution < -0.4 is 4.90 Å². The number of aliphatic hydroxyl groups is 1. The van der Waals surface area contributed by atoms with Gasteiger partial charge in [-0.3, -0.25) is 10.1 Å². The lowest BCUT2D eigenvalue weighted by molar-refractivity contribution is -0.384. The number of nitro groups is 1. The molecule has 1 saturated heterocycles. The van der Waals surface area contributed by atoms with Gasteiger partial charge < -0.3 is 14.7 Å². The molecule has 0 amide bonds. The summed E-state index contributed by atoms with van der Waals surface area (Å²) in [6, 6.07) is 1.62. The lowest BCUT2D eigenvalue weighted by atomic mass is 10.2. The highest BCUT2D eigenvalue weighted by molar-refractivity contribution is 5.61. The van der Waals surface area contributed by atoms with E-state index in [2.05, 4.69) is 4.98 Å². The molecule has 1 aliphatic rings. The largest absolute Gasteiger partial charge is 0.394 e. The first-order valence-corrected chi connectivity index (χ1v) is 5.71. The molecular weight excluding hydrogens is 238 g/mol. The number of ether oxygens (including phenoxy) is 1. The van der Waals surface area contributed by atoms with Gasteiger partial charge in [0.25, 0.3) is 0 Å². The van der Waals surface area contributed by atoms with E-state index in [1.807, 2.05) is 0 Å². The zero-order valence-electron chi connectivity index (χ0n) is 10.1. The number of pyridine rings is 1. The second kappa shape index (κ2) is 5.28. The minimum Gasteiger partial charge on any atom is -0.394 e. The Morgan fingerprint density at radius 2 is 2.50 bits per heavy atom. The van der Waals surface area contributed by atoms with E-state index in [4.69, 9.17) is 9.84 Å². The minimum atomic E-state index is -0.416. The monoisotopic (exact) mass is 253 g/mol. The van der Waals surface area contributed by atoms with Crippen molar-refractivity contribution in [2.45, 2.75) is 13.0 Å². The van der Waals surface area contributed by atoms with Crippen molar-refractivity contribution in [3.05, 3.63) is 27.9 Å². The van der Waals surface area contributed by atoms with Crippen LogP contribution in [0.25, 0.3) is 0 Å². The zero-order chi connectivity index (χ0) is 13.1. The molecule has 0 aliphatic carbocycles. The number of aromatic nitrogens is 1. The number of aliphatic hydroxyl groups excluding tert-OH is 1. The van der Waals surface area contributed by atoms with E-state index in [0.717, 1.165) is 0 Å². The van der Waals surface area contributed by atoms with Crippen LogP contribution in [0.15, 0.2) is 12.3 Å². The van der Waals surface area contributed by atoms with E-state index in [1.165, 1.54) is 0 Å². The summed E-state index contributed by atoms with van der Waals surface area (Å²) in [7, 11) is 0. The second-order valence-electron chi connectivity index (χ2n) is 4.18.